The molecule has 7 heteroatoms. The summed E-state index contributed by atoms with van der Waals surface area (Å²) in [6, 6.07) is 1.72. The Hall–Kier alpha value is -2.44. The molecule has 0 saturated carbocycles. The summed E-state index contributed by atoms with van der Waals surface area (Å²) in [5, 5.41) is 0.204. The minimum absolute atomic E-state index is 0.0597. The third-order valence-electron chi connectivity index (χ3n) is 5.54. The lowest BCUT2D eigenvalue weighted by atomic mass is 10.0. The highest BCUT2D eigenvalue weighted by Gasteiger charge is 2.24. The number of carbonyl (C=O) groups is 1. The van der Waals surface area contributed by atoms with Crippen LogP contribution < -0.4 is 11.2 Å². The highest BCUT2D eigenvalue weighted by molar-refractivity contribution is 6.05. The van der Waals surface area contributed by atoms with Crippen molar-refractivity contribution >= 4 is 16.9 Å². The molecule has 1 amide bonds. The van der Waals surface area contributed by atoms with Gasteiger partial charge in [0, 0.05) is 25.3 Å². The van der Waals surface area contributed by atoms with E-state index >= 15 is 0 Å². The lowest BCUT2D eigenvalue weighted by Crippen LogP contribution is -2.37. The van der Waals surface area contributed by atoms with Crippen molar-refractivity contribution in [1.29, 1.82) is 0 Å². The molecule has 2 rings (SSSR count). The van der Waals surface area contributed by atoms with Crippen molar-refractivity contribution in [3.8, 4) is 0 Å². The van der Waals surface area contributed by atoms with Gasteiger partial charge in [-0.25, -0.2) is 9.78 Å². The lowest BCUT2D eigenvalue weighted by molar-refractivity contribution is 0.0736. The zero-order valence-corrected chi connectivity index (χ0v) is 18.5. The van der Waals surface area contributed by atoms with Gasteiger partial charge in [-0.3, -0.25) is 19.1 Å². The van der Waals surface area contributed by atoms with E-state index in [1.54, 1.807) is 11.0 Å². The summed E-state index contributed by atoms with van der Waals surface area (Å²) in [6.07, 6.45) is 2.70. The SMILES string of the molecule is CCCn1c(=O)[nH]c(=O)c2c(C(=O)N(CC)CC(CC)CC)cc(C(C)C)nc21. The van der Waals surface area contributed by atoms with E-state index in [1.807, 2.05) is 27.7 Å². The predicted octanol–water partition coefficient (Wildman–Crippen LogP) is 3.52. The van der Waals surface area contributed by atoms with Gasteiger partial charge in [-0.1, -0.05) is 47.5 Å². The summed E-state index contributed by atoms with van der Waals surface area (Å²) in [5.74, 6) is 0.290. The maximum absolute atomic E-state index is 13.5. The second kappa shape index (κ2) is 9.85. The summed E-state index contributed by atoms with van der Waals surface area (Å²) >= 11 is 0. The number of nitrogens with zero attached hydrogens (tertiary/aromatic N) is 3. The summed E-state index contributed by atoms with van der Waals surface area (Å²) in [6.45, 7) is 13.8. The van der Waals surface area contributed by atoms with Crippen molar-refractivity contribution in [2.24, 2.45) is 5.92 Å². The largest absolute Gasteiger partial charge is 0.339 e. The third kappa shape index (κ3) is 4.77. The average Bonchev–Trinajstić information content (AvgIpc) is 2.70. The van der Waals surface area contributed by atoms with E-state index in [4.69, 9.17) is 0 Å². The van der Waals surface area contributed by atoms with Crippen LogP contribution in [0.15, 0.2) is 15.7 Å². The first-order chi connectivity index (χ1) is 13.8. The van der Waals surface area contributed by atoms with Crippen LogP contribution in [0.2, 0.25) is 0 Å². The number of hydrogen-bond acceptors (Lipinski definition) is 4. The highest BCUT2D eigenvalue weighted by Crippen LogP contribution is 2.22. The molecule has 0 fully saturated rings. The molecule has 0 saturated heterocycles. The van der Waals surface area contributed by atoms with Crippen LogP contribution in [-0.4, -0.2) is 38.4 Å². The van der Waals surface area contributed by atoms with Gasteiger partial charge in [0.25, 0.3) is 11.5 Å². The molecule has 0 bridgehead atoms. The predicted molar refractivity (Wildman–Crippen MR) is 117 cm³/mol. The smallest absolute Gasteiger partial charge is 0.329 e. The molecule has 0 unspecified atom stereocenters. The molecule has 29 heavy (non-hydrogen) atoms. The second-order valence-electron chi connectivity index (χ2n) is 7.89. The molecule has 0 spiro atoms. The molecule has 7 nitrogen and oxygen atoms in total. The Labute approximate surface area is 172 Å². The standard InChI is InChI=1S/C22H34N4O3/c1-7-11-26-19-18(20(27)24-22(26)29)16(12-17(23-19)14(5)6)21(28)25(10-4)13-15(8-2)9-3/h12,14-15H,7-11,13H2,1-6H3,(H,24,27,29). The number of fused-ring (bicyclic) bond motifs is 1. The lowest BCUT2D eigenvalue weighted by Gasteiger charge is -2.26. The number of amides is 1. The van der Waals surface area contributed by atoms with E-state index < -0.39 is 11.2 Å². The van der Waals surface area contributed by atoms with Gasteiger partial charge in [0.15, 0.2) is 5.65 Å². The van der Waals surface area contributed by atoms with Crippen molar-refractivity contribution in [2.75, 3.05) is 13.1 Å². The summed E-state index contributed by atoms with van der Waals surface area (Å²) < 4.78 is 1.47. The Balaban J connectivity index is 2.77. The molecular formula is C22H34N4O3. The van der Waals surface area contributed by atoms with E-state index in [0.29, 0.717) is 48.9 Å². The fourth-order valence-electron chi connectivity index (χ4n) is 3.57. The van der Waals surface area contributed by atoms with Crippen LogP contribution in [0.5, 0.6) is 0 Å². The zero-order valence-electron chi connectivity index (χ0n) is 18.5. The van der Waals surface area contributed by atoms with Gasteiger partial charge in [-0.15, -0.1) is 0 Å². The Bertz CT molecular complexity index is 970. The highest BCUT2D eigenvalue weighted by atomic mass is 16.2. The van der Waals surface area contributed by atoms with Gasteiger partial charge < -0.3 is 4.90 Å². The second-order valence-corrected chi connectivity index (χ2v) is 7.89. The van der Waals surface area contributed by atoms with Crippen molar-refractivity contribution in [2.45, 2.75) is 73.3 Å². The van der Waals surface area contributed by atoms with Gasteiger partial charge in [0.1, 0.15) is 0 Å². The van der Waals surface area contributed by atoms with Gasteiger partial charge in [-0.2, -0.15) is 0 Å². The topological polar surface area (TPSA) is 88.1 Å². The van der Waals surface area contributed by atoms with Crippen molar-refractivity contribution in [1.82, 2.24) is 19.4 Å². The fourth-order valence-corrected chi connectivity index (χ4v) is 3.57. The van der Waals surface area contributed by atoms with E-state index in [2.05, 4.69) is 23.8 Å². The van der Waals surface area contributed by atoms with Crippen LogP contribution in [0, 0.1) is 5.92 Å². The van der Waals surface area contributed by atoms with Gasteiger partial charge in [0.2, 0.25) is 0 Å². The maximum Gasteiger partial charge on any atom is 0.329 e. The third-order valence-corrected chi connectivity index (χ3v) is 5.54. The van der Waals surface area contributed by atoms with Gasteiger partial charge in [0.05, 0.1) is 10.9 Å². The number of pyridine rings is 1. The van der Waals surface area contributed by atoms with E-state index in [-0.39, 0.29) is 17.2 Å². The average molecular weight is 403 g/mol. The number of aromatic nitrogens is 3. The Morgan fingerprint density at radius 2 is 1.83 bits per heavy atom. The number of rotatable bonds is 9. The molecule has 0 aliphatic heterocycles. The van der Waals surface area contributed by atoms with Crippen LogP contribution in [0.25, 0.3) is 11.0 Å². The Morgan fingerprint density at radius 1 is 1.17 bits per heavy atom. The minimum Gasteiger partial charge on any atom is -0.339 e. The quantitative estimate of drug-likeness (QED) is 0.695. The van der Waals surface area contributed by atoms with Crippen LogP contribution in [0.4, 0.5) is 0 Å². The normalized spacial score (nSPS) is 11.6. The molecule has 0 aliphatic carbocycles. The van der Waals surface area contributed by atoms with Crippen molar-refractivity contribution in [3.63, 3.8) is 0 Å². The van der Waals surface area contributed by atoms with Crippen LogP contribution in [0.1, 0.15) is 82.8 Å². The zero-order chi connectivity index (χ0) is 21.7. The molecule has 1 N–H and O–H groups in total. The number of aromatic amines is 1. The van der Waals surface area contributed by atoms with Gasteiger partial charge in [-0.05, 0) is 31.2 Å². The molecule has 0 radical (unpaired) electrons. The summed E-state index contributed by atoms with van der Waals surface area (Å²) in [5.41, 5.74) is 0.295. The first kappa shape index (κ1) is 22.8. The van der Waals surface area contributed by atoms with E-state index in [1.165, 1.54) is 4.57 Å². The molecule has 0 atom stereocenters. The Morgan fingerprint density at radius 3 is 2.34 bits per heavy atom. The minimum atomic E-state index is -0.554. The molecular weight excluding hydrogens is 368 g/mol. The number of carbonyl (C=O) groups excluding carboxylic acids is 1. The molecule has 2 heterocycles. The fraction of sp³-hybridized carbons (Fsp3) is 0.636. The van der Waals surface area contributed by atoms with Crippen LogP contribution >= 0.6 is 0 Å². The summed E-state index contributed by atoms with van der Waals surface area (Å²) in [4.78, 5) is 47.4. The van der Waals surface area contributed by atoms with E-state index in [9.17, 15) is 14.4 Å². The molecule has 2 aromatic rings. The first-order valence-electron chi connectivity index (χ1n) is 10.8. The first-order valence-corrected chi connectivity index (χ1v) is 10.8. The number of nitrogens with one attached hydrogen (secondary N) is 1. The molecule has 160 valence electrons. The Kier molecular flexibility index (Phi) is 7.76. The van der Waals surface area contributed by atoms with Crippen LogP contribution in [-0.2, 0) is 6.54 Å². The van der Waals surface area contributed by atoms with E-state index in [0.717, 1.165) is 12.8 Å². The van der Waals surface area contributed by atoms with Gasteiger partial charge >= 0.3 is 5.69 Å². The molecule has 2 aromatic heterocycles. The molecule has 0 aliphatic rings. The van der Waals surface area contributed by atoms with Crippen molar-refractivity contribution in [3.05, 3.63) is 38.2 Å². The number of aryl methyl sites for hydroxylation is 1. The van der Waals surface area contributed by atoms with Crippen molar-refractivity contribution < 1.29 is 4.79 Å². The monoisotopic (exact) mass is 402 g/mol. The van der Waals surface area contributed by atoms with Crippen LogP contribution in [0.3, 0.4) is 0 Å². The maximum atomic E-state index is 13.5. The number of hydrogen-bond donors (Lipinski definition) is 1. The summed E-state index contributed by atoms with van der Waals surface area (Å²) in [7, 11) is 0. The number of H-pyrrole nitrogens is 1. The molecule has 0 aromatic carbocycles.